The molecule has 0 unspecified atom stereocenters. The van der Waals surface area contributed by atoms with Crippen LogP contribution in [0.15, 0.2) is 203 Å². The van der Waals surface area contributed by atoms with Crippen LogP contribution in [0.3, 0.4) is 0 Å². The minimum absolute atomic E-state index is 0.115. The number of fused-ring (bicyclic) bond motifs is 8. The van der Waals surface area contributed by atoms with E-state index in [2.05, 4.69) is 176 Å². The molecule has 1 aliphatic carbocycles. The first-order valence-corrected chi connectivity index (χ1v) is 20.5. The van der Waals surface area contributed by atoms with Crippen LogP contribution in [0.2, 0.25) is 0 Å². The fourth-order valence-corrected chi connectivity index (χ4v) is 9.43. The number of furan rings is 1. The second kappa shape index (κ2) is 13.2. The first-order valence-electron chi connectivity index (χ1n) is 20.5. The van der Waals surface area contributed by atoms with Crippen molar-refractivity contribution in [1.82, 2.24) is 4.98 Å². The van der Waals surface area contributed by atoms with Crippen molar-refractivity contribution in [1.29, 1.82) is 0 Å². The lowest BCUT2D eigenvalue weighted by Gasteiger charge is -2.28. The molecule has 4 nitrogen and oxygen atoms in total. The second-order valence-corrected chi connectivity index (χ2v) is 16.4. The molecule has 0 N–H and O–H groups in total. The number of aromatic nitrogens is 1. The summed E-state index contributed by atoms with van der Waals surface area (Å²) in [5, 5.41) is 4.57. The van der Waals surface area contributed by atoms with Gasteiger partial charge in [-0.3, -0.25) is 0 Å². The Bertz CT molecular complexity index is 3440. The molecule has 2 heterocycles. The van der Waals surface area contributed by atoms with Gasteiger partial charge in [-0.1, -0.05) is 135 Å². The van der Waals surface area contributed by atoms with Gasteiger partial charge in [-0.25, -0.2) is 4.98 Å². The molecule has 0 aliphatic heterocycles. The third-order valence-electron chi connectivity index (χ3n) is 12.5. The SMILES string of the molecule is CC1(C)c2ccccc2-c2ccc(N(c3ccc(-c4ccc5c(c4)oc4cc6oc(-c7ccccc7)nc6cc45)cc3)c3ccc(-c4cccc5ccccc45)cc3)cc21. The third kappa shape index (κ3) is 5.41. The van der Waals surface area contributed by atoms with Crippen molar-refractivity contribution >= 4 is 60.9 Å². The standard InChI is InChI=1S/C56H38N2O2/c1-56(2)49-18-9-8-16-45(49)46-30-28-42(32-50(46)56)58(41-26-21-37(22-27-41)44-17-10-14-36-11-6-7-15-43(36)44)40-24-19-35(20-25-40)39-23-29-47-48-33-51-54(34-53(48)59-52(47)31-39)60-55(57-51)38-12-4-3-5-13-38/h3-34H,1-2H3. The van der Waals surface area contributed by atoms with E-state index in [-0.39, 0.29) is 5.41 Å². The van der Waals surface area contributed by atoms with Crippen LogP contribution in [0.4, 0.5) is 17.1 Å². The van der Waals surface area contributed by atoms with E-state index in [9.17, 15) is 0 Å². The van der Waals surface area contributed by atoms with E-state index in [1.165, 1.54) is 44.2 Å². The molecule has 1 aliphatic rings. The summed E-state index contributed by atoms with van der Waals surface area (Å²) in [6, 6.07) is 69.3. The van der Waals surface area contributed by atoms with Gasteiger partial charge in [-0.15, -0.1) is 0 Å². The first kappa shape index (κ1) is 34.4. The highest BCUT2D eigenvalue weighted by Gasteiger charge is 2.35. The number of hydrogen-bond donors (Lipinski definition) is 0. The van der Waals surface area contributed by atoms with Gasteiger partial charge in [0.2, 0.25) is 5.89 Å². The summed E-state index contributed by atoms with van der Waals surface area (Å²) in [5.74, 6) is 0.607. The number of rotatable bonds is 6. The zero-order valence-electron chi connectivity index (χ0n) is 33.2. The van der Waals surface area contributed by atoms with Gasteiger partial charge in [0.15, 0.2) is 5.58 Å². The minimum Gasteiger partial charge on any atom is -0.456 e. The van der Waals surface area contributed by atoms with Crippen molar-refractivity contribution in [2.75, 3.05) is 4.90 Å². The van der Waals surface area contributed by atoms with Crippen molar-refractivity contribution in [3.8, 4) is 44.8 Å². The Morgan fingerprint density at radius 2 is 1.05 bits per heavy atom. The Morgan fingerprint density at radius 3 is 1.88 bits per heavy atom. The Hall–Kier alpha value is -7.69. The van der Waals surface area contributed by atoms with Crippen molar-refractivity contribution in [2.45, 2.75) is 19.3 Å². The van der Waals surface area contributed by atoms with Crippen LogP contribution in [0, 0.1) is 0 Å². The average molecular weight is 771 g/mol. The summed E-state index contributed by atoms with van der Waals surface area (Å²) in [4.78, 5) is 7.18. The molecule has 60 heavy (non-hydrogen) atoms. The molecule has 0 amide bonds. The summed E-state index contributed by atoms with van der Waals surface area (Å²) >= 11 is 0. The van der Waals surface area contributed by atoms with Crippen molar-refractivity contribution in [3.63, 3.8) is 0 Å². The molecule has 0 saturated heterocycles. The Morgan fingerprint density at radius 1 is 0.400 bits per heavy atom. The van der Waals surface area contributed by atoms with Gasteiger partial charge < -0.3 is 13.7 Å². The molecule has 9 aromatic carbocycles. The molecule has 284 valence electrons. The van der Waals surface area contributed by atoms with Gasteiger partial charge in [0, 0.05) is 44.9 Å². The predicted octanol–water partition coefficient (Wildman–Crippen LogP) is 15.7. The van der Waals surface area contributed by atoms with Crippen LogP contribution >= 0.6 is 0 Å². The number of oxazole rings is 1. The van der Waals surface area contributed by atoms with E-state index < -0.39 is 0 Å². The van der Waals surface area contributed by atoms with Gasteiger partial charge in [0.05, 0.1) is 0 Å². The average Bonchev–Trinajstić information content (AvgIpc) is 3.95. The van der Waals surface area contributed by atoms with Crippen LogP contribution in [0.5, 0.6) is 0 Å². The van der Waals surface area contributed by atoms with Crippen LogP contribution in [-0.4, -0.2) is 4.98 Å². The van der Waals surface area contributed by atoms with E-state index >= 15 is 0 Å². The topological polar surface area (TPSA) is 42.4 Å². The number of hydrogen-bond acceptors (Lipinski definition) is 4. The van der Waals surface area contributed by atoms with Crippen molar-refractivity contribution in [2.24, 2.45) is 0 Å². The van der Waals surface area contributed by atoms with E-state index in [1.807, 2.05) is 36.4 Å². The van der Waals surface area contributed by atoms with Crippen molar-refractivity contribution in [3.05, 3.63) is 205 Å². The summed E-state index contributed by atoms with van der Waals surface area (Å²) in [5.41, 5.74) is 17.2. The first-order chi connectivity index (χ1) is 29.5. The smallest absolute Gasteiger partial charge is 0.227 e. The maximum atomic E-state index is 6.46. The molecule has 0 atom stereocenters. The van der Waals surface area contributed by atoms with E-state index in [1.54, 1.807) is 0 Å². The maximum absolute atomic E-state index is 6.46. The molecule has 12 rings (SSSR count). The Labute approximate surface area is 347 Å². The molecule has 4 heteroatoms. The number of anilines is 3. The van der Waals surface area contributed by atoms with E-state index in [4.69, 9.17) is 13.8 Å². The monoisotopic (exact) mass is 770 g/mol. The fourth-order valence-electron chi connectivity index (χ4n) is 9.43. The Balaban J connectivity index is 0.920. The molecule has 0 radical (unpaired) electrons. The normalized spacial score (nSPS) is 13.0. The molecule has 0 saturated carbocycles. The van der Waals surface area contributed by atoms with Gasteiger partial charge in [-0.05, 0) is 122 Å². The molecule has 0 fully saturated rings. The predicted molar refractivity (Wildman–Crippen MR) is 247 cm³/mol. The van der Waals surface area contributed by atoms with Crippen LogP contribution in [-0.2, 0) is 5.41 Å². The molecule has 0 spiro atoms. The van der Waals surface area contributed by atoms with E-state index in [0.29, 0.717) is 11.5 Å². The van der Waals surface area contributed by atoms with Crippen molar-refractivity contribution < 1.29 is 8.83 Å². The largest absolute Gasteiger partial charge is 0.456 e. The lowest BCUT2D eigenvalue weighted by Crippen LogP contribution is -2.16. The van der Waals surface area contributed by atoms with Gasteiger partial charge in [0.25, 0.3) is 0 Å². The van der Waals surface area contributed by atoms with E-state index in [0.717, 1.165) is 61.2 Å². The highest BCUT2D eigenvalue weighted by molar-refractivity contribution is 6.09. The van der Waals surface area contributed by atoms with Gasteiger partial charge in [0.1, 0.15) is 16.7 Å². The molecular formula is C56H38N2O2. The van der Waals surface area contributed by atoms with Crippen LogP contribution < -0.4 is 4.90 Å². The number of benzene rings is 9. The van der Waals surface area contributed by atoms with Crippen LogP contribution in [0.1, 0.15) is 25.0 Å². The molecule has 0 bridgehead atoms. The quantitative estimate of drug-likeness (QED) is 0.169. The molecule has 2 aromatic heterocycles. The molecular weight excluding hydrogens is 733 g/mol. The number of nitrogens with zero attached hydrogens (tertiary/aromatic N) is 2. The highest BCUT2D eigenvalue weighted by atomic mass is 16.4. The zero-order valence-corrected chi connectivity index (χ0v) is 33.2. The maximum Gasteiger partial charge on any atom is 0.227 e. The Kier molecular flexibility index (Phi) is 7.54. The summed E-state index contributed by atoms with van der Waals surface area (Å²) in [7, 11) is 0. The third-order valence-corrected chi connectivity index (χ3v) is 12.5. The summed E-state index contributed by atoms with van der Waals surface area (Å²) < 4.78 is 12.6. The molecule has 11 aromatic rings. The van der Waals surface area contributed by atoms with Gasteiger partial charge >= 0.3 is 0 Å². The highest BCUT2D eigenvalue weighted by Crippen LogP contribution is 2.51. The summed E-state index contributed by atoms with van der Waals surface area (Å²) in [6.45, 7) is 4.68. The lowest BCUT2D eigenvalue weighted by molar-refractivity contribution is 0.617. The van der Waals surface area contributed by atoms with Crippen LogP contribution in [0.25, 0.3) is 88.6 Å². The van der Waals surface area contributed by atoms with Gasteiger partial charge in [-0.2, -0.15) is 0 Å². The lowest BCUT2D eigenvalue weighted by atomic mass is 9.82. The second-order valence-electron chi connectivity index (χ2n) is 16.4. The minimum atomic E-state index is -0.115. The summed E-state index contributed by atoms with van der Waals surface area (Å²) in [6.07, 6.45) is 0. The fraction of sp³-hybridized carbons (Fsp3) is 0.0536. The zero-order chi connectivity index (χ0) is 40.0.